The Hall–Kier alpha value is -1.39. The summed E-state index contributed by atoms with van der Waals surface area (Å²) in [6, 6.07) is 0. The first-order chi connectivity index (χ1) is 5.57. The number of aliphatic hydroxyl groups is 1. The van der Waals surface area contributed by atoms with Crippen molar-refractivity contribution in [2.24, 2.45) is 5.18 Å². The van der Waals surface area contributed by atoms with Crippen LogP contribution in [0, 0.1) is 4.91 Å². The minimum absolute atomic E-state index is 0.0501. The first-order valence-corrected chi connectivity index (χ1v) is 3.49. The van der Waals surface area contributed by atoms with Crippen LogP contribution in [0.5, 0.6) is 0 Å². The topological polar surface area (TPSA) is 70.0 Å². The lowest BCUT2D eigenvalue weighted by molar-refractivity contribution is -0.124. The zero-order valence-electron chi connectivity index (χ0n) is 7.15. The smallest absolute Gasteiger partial charge is 0.249 e. The van der Waals surface area contributed by atoms with Crippen LogP contribution < -0.4 is 0 Å². The van der Waals surface area contributed by atoms with Gasteiger partial charge in [-0.05, 0) is 6.92 Å². The molecule has 0 spiro atoms. The van der Waals surface area contributed by atoms with Crippen molar-refractivity contribution in [3.8, 4) is 0 Å². The Morgan fingerprint density at radius 3 is 2.67 bits per heavy atom. The third kappa shape index (κ3) is 4.43. The monoisotopic (exact) mass is 172 g/mol. The molecule has 0 aliphatic rings. The van der Waals surface area contributed by atoms with Gasteiger partial charge in [0.1, 0.15) is 0 Å². The first kappa shape index (κ1) is 10.6. The second kappa shape index (κ2) is 5.29. The number of nitroso groups, excluding NO2 is 1. The molecular formula is C7H12N2O3. The van der Waals surface area contributed by atoms with E-state index in [2.05, 4.69) is 5.18 Å². The van der Waals surface area contributed by atoms with Gasteiger partial charge in [0.05, 0.1) is 12.3 Å². The van der Waals surface area contributed by atoms with Crippen LogP contribution in [0.1, 0.15) is 6.92 Å². The highest BCUT2D eigenvalue weighted by Gasteiger charge is 2.04. The van der Waals surface area contributed by atoms with E-state index in [0.717, 1.165) is 6.08 Å². The molecule has 0 aliphatic heterocycles. The average molecular weight is 172 g/mol. The zero-order valence-corrected chi connectivity index (χ0v) is 7.15. The standard InChI is InChI=1S/C7H12N2O3/c1-6(10)5-7(11)9(2)4-3-8-12/h5,10H,3-4H2,1-2H3. The fourth-order valence-electron chi connectivity index (χ4n) is 0.590. The molecule has 0 saturated carbocycles. The summed E-state index contributed by atoms with van der Waals surface area (Å²) < 4.78 is 0. The van der Waals surface area contributed by atoms with Crippen LogP contribution in [-0.2, 0) is 4.79 Å². The Morgan fingerprint density at radius 1 is 1.67 bits per heavy atom. The van der Waals surface area contributed by atoms with E-state index in [1.165, 1.54) is 18.9 Å². The van der Waals surface area contributed by atoms with E-state index < -0.39 is 0 Å². The molecule has 0 aromatic carbocycles. The van der Waals surface area contributed by atoms with E-state index in [4.69, 9.17) is 5.11 Å². The molecule has 0 atom stereocenters. The summed E-state index contributed by atoms with van der Waals surface area (Å²) in [6.07, 6.45) is 1.09. The summed E-state index contributed by atoms with van der Waals surface area (Å²) >= 11 is 0. The van der Waals surface area contributed by atoms with Crippen molar-refractivity contribution >= 4 is 5.91 Å². The second-order valence-electron chi connectivity index (χ2n) is 2.40. The van der Waals surface area contributed by atoms with Crippen LogP contribution in [0.25, 0.3) is 0 Å². The molecule has 0 aromatic rings. The minimum atomic E-state index is -0.335. The summed E-state index contributed by atoms with van der Waals surface area (Å²) in [5.41, 5.74) is 0. The third-order valence-electron chi connectivity index (χ3n) is 1.24. The van der Waals surface area contributed by atoms with Crippen molar-refractivity contribution in [2.75, 3.05) is 20.1 Å². The number of nitrogens with zero attached hydrogens (tertiary/aromatic N) is 2. The highest BCUT2D eigenvalue weighted by Crippen LogP contribution is 1.91. The van der Waals surface area contributed by atoms with Crippen molar-refractivity contribution < 1.29 is 9.90 Å². The zero-order chi connectivity index (χ0) is 9.56. The van der Waals surface area contributed by atoms with E-state index in [0.29, 0.717) is 0 Å². The molecule has 0 aromatic heterocycles. The maximum absolute atomic E-state index is 11.0. The molecule has 0 saturated heterocycles. The van der Waals surface area contributed by atoms with Crippen LogP contribution in [0.4, 0.5) is 0 Å². The van der Waals surface area contributed by atoms with Gasteiger partial charge in [0.2, 0.25) is 5.91 Å². The number of aliphatic hydroxyl groups excluding tert-OH is 1. The number of hydrogen-bond donors (Lipinski definition) is 1. The number of carbonyl (C=O) groups excluding carboxylic acids is 1. The van der Waals surface area contributed by atoms with Crippen LogP contribution in [0.2, 0.25) is 0 Å². The highest BCUT2D eigenvalue weighted by molar-refractivity contribution is 5.87. The van der Waals surface area contributed by atoms with Crippen molar-refractivity contribution in [3.63, 3.8) is 0 Å². The van der Waals surface area contributed by atoms with Gasteiger partial charge in [0, 0.05) is 19.7 Å². The highest BCUT2D eigenvalue weighted by atomic mass is 16.3. The summed E-state index contributed by atoms with van der Waals surface area (Å²) in [4.78, 5) is 22.0. The molecule has 0 unspecified atom stereocenters. The number of likely N-dealkylation sites (N-methyl/N-ethyl adjacent to an activating group) is 1. The number of rotatable bonds is 4. The molecule has 68 valence electrons. The van der Waals surface area contributed by atoms with E-state index in [1.54, 1.807) is 0 Å². The Bertz CT molecular complexity index is 197. The summed E-state index contributed by atoms with van der Waals surface area (Å²) in [6.45, 7) is 1.75. The van der Waals surface area contributed by atoms with Gasteiger partial charge in [-0.1, -0.05) is 5.18 Å². The first-order valence-electron chi connectivity index (χ1n) is 3.49. The molecule has 0 bridgehead atoms. The molecule has 0 fully saturated rings. The quantitative estimate of drug-likeness (QED) is 0.385. The van der Waals surface area contributed by atoms with E-state index in [-0.39, 0.29) is 24.8 Å². The average Bonchev–Trinajstić information content (AvgIpc) is 1.98. The molecule has 1 amide bonds. The molecule has 0 aliphatic carbocycles. The normalized spacial score (nSPS) is 11.0. The van der Waals surface area contributed by atoms with Crippen molar-refractivity contribution in [1.29, 1.82) is 0 Å². The molecule has 12 heavy (non-hydrogen) atoms. The van der Waals surface area contributed by atoms with Crippen LogP contribution >= 0.6 is 0 Å². The summed E-state index contributed by atoms with van der Waals surface area (Å²) in [5, 5.41) is 11.3. The lowest BCUT2D eigenvalue weighted by Crippen LogP contribution is -2.27. The molecule has 5 heteroatoms. The Labute approximate surface area is 70.6 Å². The van der Waals surface area contributed by atoms with Crippen molar-refractivity contribution in [1.82, 2.24) is 4.90 Å². The van der Waals surface area contributed by atoms with Crippen LogP contribution in [-0.4, -0.2) is 36.1 Å². The third-order valence-corrected chi connectivity index (χ3v) is 1.24. The van der Waals surface area contributed by atoms with Gasteiger partial charge in [0.25, 0.3) is 0 Å². The molecular weight excluding hydrogens is 160 g/mol. The predicted molar refractivity (Wildman–Crippen MR) is 44.7 cm³/mol. The van der Waals surface area contributed by atoms with Crippen LogP contribution in [0.15, 0.2) is 17.0 Å². The van der Waals surface area contributed by atoms with E-state index in [9.17, 15) is 9.70 Å². The maximum Gasteiger partial charge on any atom is 0.249 e. The minimum Gasteiger partial charge on any atom is -0.512 e. The molecule has 0 rings (SSSR count). The van der Waals surface area contributed by atoms with Crippen molar-refractivity contribution in [2.45, 2.75) is 6.92 Å². The predicted octanol–water partition coefficient (Wildman–Crippen LogP) is 0.673. The molecule has 0 radical (unpaired) electrons. The number of carbonyl (C=O) groups is 1. The molecule has 0 heterocycles. The number of allylic oxidation sites excluding steroid dienone is 1. The van der Waals surface area contributed by atoms with E-state index >= 15 is 0 Å². The van der Waals surface area contributed by atoms with Gasteiger partial charge >= 0.3 is 0 Å². The van der Waals surface area contributed by atoms with Gasteiger partial charge in [0.15, 0.2) is 0 Å². The Kier molecular flexibility index (Phi) is 4.67. The fourth-order valence-corrected chi connectivity index (χ4v) is 0.590. The van der Waals surface area contributed by atoms with Crippen LogP contribution in [0.3, 0.4) is 0 Å². The Morgan fingerprint density at radius 2 is 2.25 bits per heavy atom. The van der Waals surface area contributed by atoms with E-state index in [1.807, 2.05) is 0 Å². The summed E-state index contributed by atoms with van der Waals surface area (Å²) in [5.74, 6) is -0.385. The lowest BCUT2D eigenvalue weighted by atomic mass is 10.4. The summed E-state index contributed by atoms with van der Waals surface area (Å²) in [7, 11) is 1.53. The molecule has 5 nitrogen and oxygen atoms in total. The van der Waals surface area contributed by atoms with Gasteiger partial charge < -0.3 is 10.0 Å². The fraction of sp³-hybridized carbons (Fsp3) is 0.571. The van der Waals surface area contributed by atoms with Gasteiger partial charge in [-0.2, -0.15) is 4.91 Å². The van der Waals surface area contributed by atoms with Gasteiger partial charge in [-0.15, -0.1) is 0 Å². The maximum atomic E-state index is 11.0. The number of hydrogen-bond acceptors (Lipinski definition) is 4. The lowest BCUT2D eigenvalue weighted by Gasteiger charge is -2.11. The SMILES string of the molecule is CC(O)=CC(=O)N(C)CCN=O. The largest absolute Gasteiger partial charge is 0.512 e. The van der Waals surface area contributed by atoms with Gasteiger partial charge in [-0.25, -0.2) is 0 Å². The number of amides is 1. The Balaban J connectivity index is 3.93. The van der Waals surface area contributed by atoms with Crippen molar-refractivity contribution in [3.05, 3.63) is 16.7 Å². The second-order valence-corrected chi connectivity index (χ2v) is 2.40. The van der Waals surface area contributed by atoms with Gasteiger partial charge in [-0.3, -0.25) is 4.79 Å². The molecule has 1 N–H and O–H groups in total.